The van der Waals surface area contributed by atoms with Gasteiger partial charge in [-0.05, 0) is 30.3 Å². The molecule has 1 amide bonds. The minimum Gasteiger partial charge on any atom is -0.497 e. The number of nitrogens with zero attached hydrogens (tertiary/aromatic N) is 2. The van der Waals surface area contributed by atoms with Crippen molar-refractivity contribution in [1.82, 2.24) is 4.90 Å². The number of benzene rings is 2. The summed E-state index contributed by atoms with van der Waals surface area (Å²) in [7, 11) is 1.66. The number of amides is 1. The van der Waals surface area contributed by atoms with E-state index in [2.05, 4.69) is 11.0 Å². The van der Waals surface area contributed by atoms with Gasteiger partial charge in [-0.1, -0.05) is 23.7 Å². The first-order valence-corrected chi connectivity index (χ1v) is 8.58. The summed E-state index contributed by atoms with van der Waals surface area (Å²) >= 11 is 5.91. The Morgan fingerprint density at radius 3 is 2.48 bits per heavy atom. The molecule has 3 rings (SSSR count). The molecular formula is C19H21ClN2O3. The van der Waals surface area contributed by atoms with Crippen molar-refractivity contribution in [2.75, 3.05) is 44.8 Å². The lowest BCUT2D eigenvalue weighted by molar-refractivity contribution is -0.133. The van der Waals surface area contributed by atoms with Crippen molar-refractivity contribution in [2.45, 2.75) is 0 Å². The zero-order valence-corrected chi connectivity index (χ0v) is 14.9. The molecule has 0 spiro atoms. The molecule has 0 radical (unpaired) electrons. The molecule has 1 fully saturated rings. The van der Waals surface area contributed by atoms with Crippen LogP contribution in [-0.4, -0.2) is 50.7 Å². The van der Waals surface area contributed by atoms with E-state index in [1.54, 1.807) is 31.4 Å². The molecule has 1 saturated heterocycles. The van der Waals surface area contributed by atoms with Gasteiger partial charge in [-0.25, -0.2) is 0 Å². The van der Waals surface area contributed by atoms with Gasteiger partial charge in [0.2, 0.25) is 0 Å². The average molecular weight is 361 g/mol. The Balaban J connectivity index is 1.50. The van der Waals surface area contributed by atoms with E-state index in [0.717, 1.165) is 24.5 Å². The maximum atomic E-state index is 12.3. The summed E-state index contributed by atoms with van der Waals surface area (Å²) in [6, 6.07) is 15.0. The molecule has 6 heteroatoms. The van der Waals surface area contributed by atoms with Gasteiger partial charge in [-0.15, -0.1) is 0 Å². The van der Waals surface area contributed by atoms with Gasteiger partial charge >= 0.3 is 0 Å². The molecule has 132 valence electrons. The van der Waals surface area contributed by atoms with Crippen molar-refractivity contribution in [3.05, 3.63) is 53.6 Å². The van der Waals surface area contributed by atoms with Crippen molar-refractivity contribution < 1.29 is 14.3 Å². The third-order valence-electron chi connectivity index (χ3n) is 4.21. The van der Waals surface area contributed by atoms with Gasteiger partial charge in [0, 0.05) is 43.0 Å². The highest BCUT2D eigenvalue weighted by molar-refractivity contribution is 6.30. The van der Waals surface area contributed by atoms with Crippen LogP contribution >= 0.6 is 11.6 Å². The van der Waals surface area contributed by atoms with E-state index in [9.17, 15) is 4.79 Å². The number of hydrogen-bond donors (Lipinski definition) is 0. The standard InChI is InChI=1S/C19H21ClN2O3/c1-24-17-6-3-5-16(13-17)21-8-10-22(11-9-21)19(23)14-25-18-7-2-4-15(20)12-18/h2-7,12-13H,8-11,14H2,1H3. The van der Waals surface area contributed by atoms with Gasteiger partial charge in [-0.2, -0.15) is 0 Å². The number of carbonyl (C=O) groups excluding carboxylic acids is 1. The second kappa shape index (κ2) is 8.12. The monoisotopic (exact) mass is 360 g/mol. The minimum absolute atomic E-state index is 0.00901. The molecule has 1 heterocycles. The first-order valence-electron chi connectivity index (χ1n) is 8.21. The van der Waals surface area contributed by atoms with E-state index >= 15 is 0 Å². The fraction of sp³-hybridized carbons (Fsp3) is 0.316. The van der Waals surface area contributed by atoms with Crippen LogP contribution in [-0.2, 0) is 4.79 Å². The van der Waals surface area contributed by atoms with Gasteiger partial charge in [0.15, 0.2) is 6.61 Å². The number of methoxy groups -OCH3 is 1. The van der Waals surface area contributed by atoms with Crippen LogP contribution in [0, 0.1) is 0 Å². The van der Waals surface area contributed by atoms with Crippen LogP contribution in [0.2, 0.25) is 5.02 Å². The Morgan fingerprint density at radius 1 is 1.04 bits per heavy atom. The summed E-state index contributed by atoms with van der Waals surface area (Å²) in [4.78, 5) is 16.4. The molecular weight excluding hydrogens is 340 g/mol. The van der Waals surface area contributed by atoms with Crippen LogP contribution in [0.4, 0.5) is 5.69 Å². The van der Waals surface area contributed by atoms with Crippen molar-refractivity contribution in [3.8, 4) is 11.5 Å². The van der Waals surface area contributed by atoms with Crippen molar-refractivity contribution >= 4 is 23.2 Å². The van der Waals surface area contributed by atoms with E-state index in [4.69, 9.17) is 21.1 Å². The van der Waals surface area contributed by atoms with Crippen molar-refractivity contribution in [3.63, 3.8) is 0 Å². The normalized spacial score (nSPS) is 14.3. The molecule has 0 bridgehead atoms. The predicted octanol–water partition coefficient (Wildman–Crippen LogP) is 3.08. The zero-order chi connectivity index (χ0) is 17.6. The first kappa shape index (κ1) is 17.4. The highest BCUT2D eigenvalue weighted by atomic mass is 35.5. The number of carbonyl (C=O) groups is 1. The van der Waals surface area contributed by atoms with E-state index < -0.39 is 0 Å². The Labute approximate surface area is 152 Å². The lowest BCUT2D eigenvalue weighted by Gasteiger charge is -2.36. The second-order valence-electron chi connectivity index (χ2n) is 5.82. The third kappa shape index (κ3) is 4.57. The summed E-state index contributed by atoms with van der Waals surface area (Å²) in [5.74, 6) is 1.44. The average Bonchev–Trinajstić information content (AvgIpc) is 2.66. The number of hydrogen-bond acceptors (Lipinski definition) is 4. The summed E-state index contributed by atoms with van der Waals surface area (Å²) in [5.41, 5.74) is 1.11. The topological polar surface area (TPSA) is 42.0 Å². The molecule has 0 saturated carbocycles. The molecule has 1 aliphatic heterocycles. The lowest BCUT2D eigenvalue weighted by Crippen LogP contribution is -2.50. The second-order valence-corrected chi connectivity index (χ2v) is 6.25. The number of halogens is 1. The molecule has 0 aliphatic carbocycles. The van der Waals surface area contributed by atoms with E-state index in [1.165, 1.54) is 0 Å². The van der Waals surface area contributed by atoms with Gasteiger partial charge in [-0.3, -0.25) is 4.79 Å². The SMILES string of the molecule is COc1cccc(N2CCN(C(=O)COc3cccc(Cl)c3)CC2)c1. The van der Waals surface area contributed by atoms with E-state index in [0.29, 0.717) is 23.9 Å². The number of ether oxygens (including phenoxy) is 2. The predicted molar refractivity (Wildman–Crippen MR) is 98.7 cm³/mol. The zero-order valence-electron chi connectivity index (χ0n) is 14.2. The van der Waals surface area contributed by atoms with Gasteiger partial charge < -0.3 is 19.3 Å². The lowest BCUT2D eigenvalue weighted by atomic mass is 10.2. The number of anilines is 1. The highest BCUT2D eigenvalue weighted by Gasteiger charge is 2.21. The Kier molecular flexibility index (Phi) is 5.66. The molecule has 0 unspecified atom stereocenters. The Morgan fingerprint density at radius 2 is 1.76 bits per heavy atom. The van der Waals surface area contributed by atoms with Crippen molar-refractivity contribution in [2.24, 2.45) is 0 Å². The van der Waals surface area contributed by atoms with Crippen LogP contribution in [0.5, 0.6) is 11.5 Å². The molecule has 5 nitrogen and oxygen atoms in total. The molecule has 1 aliphatic rings. The largest absolute Gasteiger partial charge is 0.497 e. The molecule has 0 aromatic heterocycles. The fourth-order valence-corrected chi connectivity index (χ4v) is 2.99. The van der Waals surface area contributed by atoms with Gasteiger partial charge in [0.1, 0.15) is 11.5 Å². The van der Waals surface area contributed by atoms with Crippen molar-refractivity contribution in [1.29, 1.82) is 0 Å². The summed E-state index contributed by atoms with van der Waals surface area (Å²) in [6.45, 7) is 2.95. The minimum atomic E-state index is -0.00901. The van der Waals surface area contributed by atoms with Crippen LogP contribution in [0.25, 0.3) is 0 Å². The first-order chi connectivity index (χ1) is 12.2. The molecule has 2 aromatic rings. The van der Waals surface area contributed by atoms with Crippen LogP contribution < -0.4 is 14.4 Å². The van der Waals surface area contributed by atoms with Gasteiger partial charge in [0.25, 0.3) is 5.91 Å². The summed E-state index contributed by atoms with van der Waals surface area (Å²) in [5, 5.41) is 0.594. The Hall–Kier alpha value is -2.40. The number of rotatable bonds is 5. The fourth-order valence-electron chi connectivity index (χ4n) is 2.81. The summed E-state index contributed by atoms with van der Waals surface area (Å²) in [6.07, 6.45) is 0. The Bertz CT molecular complexity index is 730. The third-order valence-corrected chi connectivity index (χ3v) is 4.44. The molecule has 0 N–H and O–H groups in total. The van der Waals surface area contributed by atoms with E-state index in [-0.39, 0.29) is 12.5 Å². The van der Waals surface area contributed by atoms with E-state index in [1.807, 2.05) is 23.1 Å². The quantitative estimate of drug-likeness (QED) is 0.821. The summed E-state index contributed by atoms with van der Waals surface area (Å²) < 4.78 is 10.8. The van der Waals surface area contributed by atoms with Crippen LogP contribution in [0.3, 0.4) is 0 Å². The van der Waals surface area contributed by atoms with Crippen LogP contribution in [0.15, 0.2) is 48.5 Å². The molecule has 0 atom stereocenters. The maximum Gasteiger partial charge on any atom is 0.260 e. The highest BCUT2D eigenvalue weighted by Crippen LogP contribution is 2.22. The molecule has 25 heavy (non-hydrogen) atoms. The van der Waals surface area contributed by atoms with Crippen LogP contribution in [0.1, 0.15) is 0 Å². The van der Waals surface area contributed by atoms with Gasteiger partial charge in [0.05, 0.1) is 7.11 Å². The molecule has 2 aromatic carbocycles. The smallest absolute Gasteiger partial charge is 0.260 e. The number of piperazine rings is 1. The maximum absolute atomic E-state index is 12.3.